The monoisotopic (exact) mass is 289 g/mol. The van der Waals surface area contributed by atoms with Crippen LogP contribution in [-0.2, 0) is 5.54 Å². The van der Waals surface area contributed by atoms with Crippen LogP contribution in [0.5, 0.6) is 5.75 Å². The summed E-state index contributed by atoms with van der Waals surface area (Å²) in [5.74, 6) is 0.203. The number of piperazine rings is 1. The number of rotatable bonds is 1. The van der Waals surface area contributed by atoms with Gasteiger partial charge in [-0.25, -0.2) is 4.39 Å². The highest BCUT2D eigenvalue weighted by molar-refractivity contribution is 5.44. The van der Waals surface area contributed by atoms with E-state index in [1.807, 2.05) is 0 Å². The molecule has 112 valence electrons. The molecule has 1 atom stereocenters. The summed E-state index contributed by atoms with van der Waals surface area (Å²) >= 11 is 0. The summed E-state index contributed by atoms with van der Waals surface area (Å²) in [6, 6.07) is 7.07. The Kier molecular flexibility index (Phi) is 3.83. The first kappa shape index (κ1) is 14.3. The number of hydrogen-bond donors (Lipinski definition) is 0. The van der Waals surface area contributed by atoms with Gasteiger partial charge in [0, 0.05) is 37.8 Å². The highest BCUT2D eigenvalue weighted by atomic mass is 19.1. The quantitative estimate of drug-likeness (QED) is 0.792. The van der Waals surface area contributed by atoms with Gasteiger partial charge >= 0.3 is 0 Å². The van der Waals surface area contributed by atoms with Gasteiger partial charge in [-0.1, -0.05) is 0 Å². The Balaban J connectivity index is 2.03. The zero-order chi connectivity index (χ0) is 14.9. The van der Waals surface area contributed by atoms with E-state index >= 15 is 0 Å². The SMILES string of the molecule is CN1CCN(C2(C#N)CCCOc3cc(F)ccc32)CC1. The van der Waals surface area contributed by atoms with E-state index < -0.39 is 5.54 Å². The number of likely N-dealkylation sites (N-methyl/N-ethyl adjacent to an activating group) is 1. The third-order valence-electron chi connectivity index (χ3n) is 4.56. The molecular weight excluding hydrogens is 269 g/mol. The summed E-state index contributed by atoms with van der Waals surface area (Å²) < 4.78 is 19.2. The molecule has 0 N–H and O–H groups in total. The fraction of sp³-hybridized carbons (Fsp3) is 0.562. The standard InChI is InChI=1S/C16H20FN3O/c1-19-6-8-20(9-7-19)16(12-18)5-2-10-21-15-11-13(17)3-4-14(15)16/h3-4,11H,2,5-10H2,1H3. The highest BCUT2D eigenvalue weighted by Crippen LogP contribution is 2.41. The minimum Gasteiger partial charge on any atom is -0.493 e. The predicted molar refractivity (Wildman–Crippen MR) is 77.5 cm³/mol. The third-order valence-corrected chi connectivity index (χ3v) is 4.56. The van der Waals surface area contributed by atoms with E-state index in [-0.39, 0.29) is 5.82 Å². The fourth-order valence-corrected chi connectivity index (χ4v) is 3.31. The lowest BCUT2D eigenvalue weighted by atomic mass is 9.84. The van der Waals surface area contributed by atoms with Crippen molar-refractivity contribution in [2.24, 2.45) is 0 Å². The van der Waals surface area contributed by atoms with E-state index in [0.717, 1.165) is 44.6 Å². The lowest BCUT2D eigenvalue weighted by Crippen LogP contribution is -2.54. The van der Waals surface area contributed by atoms with E-state index in [1.54, 1.807) is 6.07 Å². The summed E-state index contributed by atoms with van der Waals surface area (Å²) in [5.41, 5.74) is 0.120. The molecule has 5 heteroatoms. The summed E-state index contributed by atoms with van der Waals surface area (Å²) in [4.78, 5) is 4.50. The minimum atomic E-state index is -0.694. The third kappa shape index (κ3) is 2.50. The van der Waals surface area contributed by atoms with Crippen molar-refractivity contribution in [3.05, 3.63) is 29.6 Å². The van der Waals surface area contributed by atoms with Crippen molar-refractivity contribution in [3.8, 4) is 11.8 Å². The first-order valence-electron chi connectivity index (χ1n) is 7.43. The number of halogens is 1. The van der Waals surface area contributed by atoms with Crippen molar-refractivity contribution in [1.82, 2.24) is 9.80 Å². The van der Waals surface area contributed by atoms with Crippen LogP contribution in [-0.4, -0.2) is 49.6 Å². The normalized spacial score (nSPS) is 27.3. The number of benzene rings is 1. The second-order valence-electron chi connectivity index (χ2n) is 5.85. The number of ether oxygens (including phenoxy) is 1. The molecule has 0 radical (unpaired) electrons. The van der Waals surface area contributed by atoms with Gasteiger partial charge < -0.3 is 9.64 Å². The molecule has 1 aromatic carbocycles. The van der Waals surface area contributed by atoms with Crippen molar-refractivity contribution in [2.75, 3.05) is 39.8 Å². The van der Waals surface area contributed by atoms with Crippen molar-refractivity contribution >= 4 is 0 Å². The number of fused-ring (bicyclic) bond motifs is 1. The number of nitrogens with zero attached hydrogens (tertiary/aromatic N) is 3. The molecule has 2 aliphatic heterocycles. The molecule has 1 unspecified atom stereocenters. The maximum atomic E-state index is 13.5. The molecule has 0 aliphatic carbocycles. The molecule has 0 saturated carbocycles. The lowest BCUT2D eigenvalue weighted by molar-refractivity contribution is 0.0666. The molecule has 0 amide bonds. The molecule has 0 aromatic heterocycles. The van der Waals surface area contributed by atoms with Gasteiger partial charge in [-0.05, 0) is 32.0 Å². The molecule has 0 spiro atoms. The van der Waals surface area contributed by atoms with Crippen LogP contribution in [0.15, 0.2) is 18.2 Å². The molecule has 0 bridgehead atoms. The Bertz CT molecular complexity index is 563. The van der Waals surface area contributed by atoms with Crippen LogP contribution in [0.25, 0.3) is 0 Å². The van der Waals surface area contributed by atoms with Gasteiger partial charge in [-0.15, -0.1) is 0 Å². The van der Waals surface area contributed by atoms with Gasteiger partial charge in [0.1, 0.15) is 17.1 Å². The van der Waals surface area contributed by atoms with Gasteiger partial charge in [-0.3, -0.25) is 4.90 Å². The second kappa shape index (κ2) is 5.63. The van der Waals surface area contributed by atoms with Crippen LogP contribution in [0.3, 0.4) is 0 Å². The van der Waals surface area contributed by atoms with Gasteiger partial charge in [0.15, 0.2) is 0 Å². The first-order valence-corrected chi connectivity index (χ1v) is 7.43. The molecule has 1 saturated heterocycles. The van der Waals surface area contributed by atoms with Crippen LogP contribution >= 0.6 is 0 Å². The molecule has 1 aromatic rings. The Morgan fingerprint density at radius 2 is 2.05 bits per heavy atom. The molecule has 2 heterocycles. The van der Waals surface area contributed by atoms with Crippen LogP contribution in [0.1, 0.15) is 18.4 Å². The van der Waals surface area contributed by atoms with E-state index in [2.05, 4.69) is 22.9 Å². The molecule has 4 nitrogen and oxygen atoms in total. The van der Waals surface area contributed by atoms with Gasteiger partial charge in [-0.2, -0.15) is 5.26 Å². The molecule has 3 rings (SSSR count). The van der Waals surface area contributed by atoms with E-state index in [9.17, 15) is 9.65 Å². The summed E-state index contributed by atoms with van der Waals surface area (Å²) in [5, 5.41) is 9.95. The largest absolute Gasteiger partial charge is 0.493 e. The Labute approximate surface area is 124 Å². The Hall–Kier alpha value is -1.64. The average molecular weight is 289 g/mol. The zero-order valence-corrected chi connectivity index (χ0v) is 12.3. The molecular formula is C16H20FN3O. The highest BCUT2D eigenvalue weighted by Gasteiger charge is 2.43. The summed E-state index contributed by atoms with van der Waals surface area (Å²) in [6.45, 7) is 4.12. The van der Waals surface area contributed by atoms with Crippen molar-refractivity contribution in [1.29, 1.82) is 5.26 Å². The molecule has 2 aliphatic rings. The van der Waals surface area contributed by atoms with Gasteiger partial charge in [0.05, 0.1) is 12.7 Å². The number of hydrogen-bond acceptors (Lipinski definition) is 4. The minimum absolute atomic E-state index is 0.319. The van der Waals surface area contributed by atoms with Crippen molar-refractivity contribution in [3.63, 3.8) is 0 Å². The zero-order valence-electron chi connectivity index (χ0n) is 12.3. The van der Waals surface area contributed by atoms with Crippen LogP contribution in [0, 0.1) is 17.1 Å². The maximum absolute atomic E-state index is 13.5. The van der Waals surface area contributed by atoms with Crippen LogP contribution in [0.2, 0.25) is 0 Å². The Morgan fingerprint density at radius 1 is 1.29 bits per heavy atom. The fourth-order valence-electron chi connectivity index (χ4n) is 3.31. The van der Waals surface area contributed by atoms with E-state index in [4.69, 9.17) is 4.74 Å². The Morgan fingerprint density at radius 3 is 2.76 bits per heavy atom. The van der Waals surface area contributed by atoms with Crippen LogP contribution < -0.4 is 4.74 Å². The van der Waals surface area contributed by atoms with Gasteiger partial charge in [0.25, 0.3) is 0 Å². The molecule has 21 heavy (non-hydrogen) atoms. The topological polar surface area (TPSA) is 39.5 Å². The van der Waals surface area contributed by atoms with Crippen molar-refractivity contribution < 1.29 is 9.13 Å². The van der Waals surface area contributed by atoms with Crippen molar-refractivity contribution in [2.45, 2.75) is 18.4 Å². The summed E-state index contributed by atoms with van der Waals surface area (Å²) in [7, 11) is 2.09. The summed E-state index contributed by atoms with van der Waals surface area (Å²) in [6.07, 6.45) is 1.53. The second-order valence-corrected chi connectivity index (χ2v) is 5.85. The predicted octanol–water partition coefficient (Wildman–Crippen LogP) is 1.96. The average Bonchev–Trinajstić information content (AvgIpc) is 2.67. The van der Waals surface area contributed by atoms with E-state index in [0.29, 0.717) is 12.4 Å². The first-order chi connectivity index (χ1) is 10.2. The van der Waals surface area contributed by atoms with E-state index in [1.165, 1.54) is 12.1 Å². The molecule has 1 fully saturated rings. The smallest absolute Gasteiger partial charge is 0.138 e. The van der Waals surface area contributed by atoms with Crippen LogP contribution in [0.4, 0.5) is 4.39 Å². The van der Waals surface area contributed by atoms with Gasteiger partial charge in [0.2, 0.25) is 0 Å². The number of nitriles is 1. The lowest BCUT2D eigenvalue weighted by Gasteiger charge is -2.43. The maximum Gasteiger partial charge on any atom is 0.138 e.